The smallest absolute Gasteiger partial charge is 0.343 e. The van der Waals surface area contributed by atoms with Crippen molar-refractivity contribution in [2.75, 3.05) is 0 Å². The third-order valence-electron chi connectivity index (χ3n) is 3.28. The van der Waals surface area contributed by atoms with Gasteiger partial charge in [0.15, 0.2) is 0 Å². The lowest BCUT2D eigenvalue weighted by Gasteiger charge is -2.18. The van der Waals surface area contributed by atoms with Gasteiger partial charge in [-0.25, -0.2) is 4.79 Å². The van der Waals surface area contributed by atoms with Crippen LogP contribution < -0.4 is 4.74 Å². The molecule has 0 spiro atoms. The summed E-state index contributed by atoms with van der Waals surface area (Å²) in [5.41, 5.74) is 2.44. The van der Waals surface area contributed by atoms with Crippen LogP contribution in [0, 0.1) is 0 Å². The largest absolute Gasteiger partial charge is 0.423 e. The molecule has 1 N–H and O–H groups in total. The van der Waals surface area contributed by atoms with Crippen LogP contribution in [0.5, 0.6) is 5.75 Å². The summed E-state index contributed by atoms with van der Waals surface area (Å²) in [6.45, 7) is 6.37. The second kappa shape index (κ2) is 6.43. The van der Waals surface area contributed by atoms with E-state index in [9.17, 15) is 4.79 Å². The number of rotatable bonds is 3. The van der Waals surface area contributed by atoms with E-state index in [1.54, 1.807) is 36.4 Å². The molecule has 4 nitrogen and oxygen atoms in total. The monoisotopic (exact) mass is 297 g/mol. The van der Waals surface area contributed by atoms with Crippen LogP contribution in [0.2, 0.25) is 0 Å². The molecule has 0 atom stereocenters. The second-order valence-electron chi connectivity index (χ2n) is 6.03. The number of ether oxygens (including phenoxy) is 1. The van der Waals surface area contributed by atoms with Gasteiger partial charge in [-0.3, -0.25) is 0 Å². The minimum Gasteiger partial charge on any atom is -0.423 e. The first-order chi connectivity index (χ1) is 10.4. The zero-order chi connectivity index (χ0) is 16.2. The van der Waals surface area contributed by atoms with Crippen LogP contribution in [0.4, 0.5) is 0 Å². The van der Waals surface area contributed by atoms with E-state index >= 15 is 0 Å². The van der Waals surface area contributed by atoms with Gasteiger partial charge in [0.2, 0.25) is 0 Å². The summed E-state index contributed by atoms with van der Waals surface area (Å²) in [5.74, 6) is 0.0454. The van der Waals surface area contributed by atoms with E-state index < -0.39 is 5.97 Å². The number of nitrogens with zero attached hydrogens (tertiary/aromatic N) is 1. The van der Waals surface area contributed by atoms with Crippen LogP contribution in [0.3, 0.4) is 0 Å². The fourth-order valence-electron chi connectivity index (χ4n) is 1.96. The van der Waals surface area contributed by atoms with E-state index in [-0.39, 0.29) is 5.41 Å². The molecule has 2 aromatic carbocycles. The van der Waals surface area contributed by atoms with Crippen molar-refractivity contribution in [3.05, 3.63) is 65.2 Å². The van der Waals surface area contributed by atoms with Gasteiger partial charge in [0, 0.05) is 0 Å². The van der Waals surface area contributed by atoms with Gasteiger partial charge in [-0.15, -0.1) is 0 Å². The maximum atomic E-state index is 12.1. The van der Waals surface area contributed by atoms with Gasteiger partial charge in [0.25, 0.3) is 0 Å². The molecule has 0 aliphatic heterocycles. The minimum absolute atomic E-state index is 0.0481. The Morgan fingerprint density at radius 1 is 1.05 bits per heavy atom. The molecule has 114 valence electrons. The predicted octanol–water partition coefficient (Wildman–Crippen LogP) is 4.01. The van der Waals surface area contributed by atoms with E-state index in [4.69, 9.17) is 9.94 Å². The van der Waals surface area contributed by atoms with Crippen molar-refractivity contribution in [3.63, 3.8) is 0 Å². The third-order valence-corrected chi connectivity index (χ3v) is 3.28. The topological polar surface area (TPSA) is 58.9 Å². The molecule has 0 aromatic heterocycles. The van der Waals surface area contributed by atoms with Crippen LogP contribution in [0.25, 0.3) is 0 Å². The maximum Gasteiger partial charge on any atom is 0.343 e. The van der Waals surface area contributed by atoms with E-state index in [0.717, 1.165) is 11.1 Å². The zero-order valence-corrected chi connectivity index (χ0v) is 12.9. The zero-order valence-electron chi connectivity index (χ0n) is 12.9. The highest BCUT2D eigenvalue weighted by molar-refractivity contribution is 5.91. The Labute approximate surface area is 130 Å². The molecule has 0 saturated carbocycles. The quantitative estimate of drug-likeness (QED) is 0.306. The molecule has 22 heavy (non-hydrogen) atoms. The molecular weight excluding hydrogens is 278 g/mol. The molecule has 0 radical (unpaired) electrons. The van der Waals surface area contributed by atoms with Gasteiger partial charge in [-0.2, -0.15) is 0 Å². The summed E-state index contributed by atoms with van der Waals surface area (Å²) in [4.78, 5) is 12.1. The number of carbonyl (C=O) groups is 1. The van der Waals surface area contributed by atoms with Gasteiger partial charge in [-0.1, -0.05) is 38.1 Å². The van der Waals surface area contributed by atoms with E-state index in [0.29, 0.717) is 11.3 Å². The van der Waals surface area contributed by atoms with Crippen LogP contribution in [-0.2, 0) is 5.41 Å². The first kappa shape index (κ1) is 15.8. The van der Waals surface area contributed by atoms with E-state index in [1.165, 1.54) is 6.21 Å². The number of hydrogen-bond donors (Lipinski definition) is 1. The molecule has 0 aliphatic carbocycles. The number of oxime groups is 1. The normalized spacial score (nSPS) is 11.6. The molecule has 0 aliphatic rings. The molecule has 4 heteroatoms. The van der Waals surface area contributed by atoms with Gasteiger partial charge in [0.05, 0.1) is 11.8 Å². The Kier molecular flexibility index (Phi) is 4.61. The number of carbonyl (C=O) groups excluding carboxylic acids is 1. The Balaban J connectivity index is 2.08. The third kappa shape index (κ3) is 3.95. The Morgan fingerprint density at radius 3 is 2.14 bits per heavy atom. The van der Waals surface area contributed by atoms with Gasteiger partial charge >= 0.3 is 5.97 Å². The SMILES string of the molecule is CC(C)(C)c1ccc(C(=O)Oc2ccc(/C=N\O)cc2)cc1. The van der Waals surface area contributed by atoms with Crippen LogP contribution >= 0.6 is 0 Å². The average molecular weight is 297 g/mol. The second-order valence-corrected chi connectivity index (χ2v) is 6.03. The van der Waals surface area contributed by atoms with Crippen molar-refractivity contribution in [2.24, 2.45) is 5.16 Å². The summed E-state index contributed by atoms with van der Waals surface area (Å²) < 4.78 is 5.31. The average Bonchev–Trinajstić information content (AvgIpc) is 2.49. The summed E-state index contributed by atoms with van der Waals surface area (Å²) in [7, 11) is 0. The molecule has 0 bridgehead atoms. The van der Waals surface area contributed by atoms with Crippen LogP contribution in [0.15, 0.2) is 53.7 Å². The van der Waals surface area contributed by atoms with Crippen molar-refractivity contribution in [2.45, 2.75) is 26.2 Å². The molecule has 0 saturated heterocycles. The summed E-state index contributed by atoms with van der Waals surface area (Å²) in [5, 5.41) is 11.4. The Bertz CT molecular complexity index is 665. The Hall–Kier alpha value is -2.62. The lowest BCUT2D eigenvalue weighted by molar-refractivity contribution is 0.0734. The van der Waals surface area contributed by atoms with Gasteiger partial charge < -0.3 is 9.94 Å². The van der Waals surface area contributed by atoms with Crippen molar-refractivity contribution in [1.29, 1.82) is 0 Å². The van der Waals surface area contributed by atoms with Crippen LogP contribution in [0.1, 0.15) is 42.3 Å². The van der Waals surface area contributed by atoms with Crippen molar-refractivity contribution in [3.8, 4) is 5.75 Å². The molecule has 2 aromatic rings. The summed E-state index contributed by atoms with van der Waals surface area (Å²) in [6, 6.07) is 14.1. The molecule has 0 unspecified atom stereocenters. The fourth-order valence-corrected chi connectivity index (χ4v) is 1.96. The lowest BCUT2D eigenvalue weighted by Crippen LogP contribution is -2.12. The van der Waals surface area contributed by atoms with Crippen molar-refractivity contribution < 1.29 is 14.7 Å². The lowest BCUT2D eigenvalue weighted by atomic mass is 9.87. The molecule has 0 fully saturated rings. The van der Waals surface area contributed by atoms with Crippen LogP contribution in [-0.4, -0.2) is 17.4 Å². The van der Waals surface area contributed by atoms with Crippen molar-refractivity contribution in [1.82, 2.24) is 0 Å². The molecule has 0 heterocycles. The fraction of sp³-hybridized carbons (Fsp3) is 0.222. The standard InChI is InChI=1S/C18H19NO3/c1-18(2,3)15-8-6-14(7-9-15)17(20)22-16-10-4-13(5-11-16)12-19-21/h4-12,21H,1-3H3/b19-12-. The van der Waals surface area contributed by atoms with E-state index in [1.807, 2.05) is 12.1 Å². The molecule has 2 rings (SSSR count). The highest BCUT2D eigenvalue weighted by atomic mass is 16.5. The first-order valence-corrected chi connectivity index (χ1v) is 7.00. The predicted molar refractivity (Wildman–Crippen MR) is 85.9 cm³/mol. The van der Waals surface area contributed by atoms with Gasteiger partial charge in [0.1, 0.15) is 5.75 Å². The first-order valence-electron chi connectivity index (χ1n) is 7.00. The van der Waals surface area contributed by atoms with E-state index in [2.05, 4.69) is 25.9 Å². The highest BCUT2D eigenvalue weighted by Crippen LogP contribution is 2.22. The molecule has 0 amide bonds. The highest BCUT2D eigenvalue weighted by Gasteiger charge is 2.15. The summed E-state index contributed by atoms with van der Waals surface area (Å²) >= 11 is 0. The van der Waals surface area contributed by atoms with Crippen molar-refractivity contribution >= 4 is 12.2 Å². The number of benzene rings is 2. The maximum absolute atomic E-state index is 12.1. The van der Waals surface area contributed by atoms with Gasteiger partial charge in [-0.05, 0) is 52.9 Å². The number of esters is 1. The Morgan fingerprint density at radius 2 is 1.64 bits per heavy atom. The summed E-state index contributed by atoms with van der Waals surface area (Å²) in [6.07, 6.45) is 1.30. The number of hydrogen-bond acceptors (Lipinski definition) is 4. The minimum atomic E-state index is -0.399. The molecular formula is C18H19NO3.